The van der Waals surface area contributed by atoms with Gasteiger partial charge in [-0.1, -0.05) is 46.3 Å². The van der Waals surface area contributed by atoms with Gasteiger partial charge in [0.05, 0.1) is 6.26 Å². The first-order valence-corrected chi connectivity index (χ1v) is 9.01. The predicted molar refractivity (Wildman–Crippen MR) is 104 cm³/mol. The van der Waals surface area contributed by atoms with Crippen molar-refractivity contribution in [3.63, 3.8) is 0 Å². The fourth-order valence-corrected chi connectivity index (χ4v) is 2.91. The maximum absolute atomic E-state index is 12.0. The zero-order valence-corrected chi connectivity index (χ0v) is 15.7. The summed E-state index contributed by atoms with van der Waals surface area (Å²) < 4.78 is 17.1. The molecule has 0 bridgehead atoms. The quantitative estimate of drug-likeness (QED) is 0.429. The number of furan rings is 1. The molecule has 0 fully saturated rings. The van der Waals surface area contributed by atoms with Gasteiger partial charge < -0.3 is 13.9 Å². The molecule has 4 rings (SSSR count). The molecule has 1 aliphatic rings. The number of ether oxygens (including phenoxy) is 2. The minimum absolute atomic E-state index is 0.171. The Morgan fingerprint density at radius 1 is 1.04 bits per heavy atom. The van der Waals surface area contributed by atoms with Gasteiger partial charge in [0.2, 0.25) is 0 Å². The molecule has 3 aromatic rings. The zero-order chi connectivity index (χ0) is 18.6. The topological polar surface area (TPSA) is 61.0 Å². The molecule has 27 heavy (non-hydrogen) atoms. The highest BCUT2D eigenvalue weighted by molar-refractivity contribution is 9.10. The van der Waals surface area contributed by atoms with Crippen LogP contribution in [0.1, 0.15) is 16.9 Å². The van der Waals surface area contributed by atoms with Gasteiger partial charge in [0, 0.05) is 10.0 Å². The summed E-state index contributed by atoms with van der Waals surface area (Å²) in [6, 6.07) is 18.7. The smallest absolute Gasteiger partial charge is 0.363 e. The van der Waals surface area contributed by atoms with Crippen LogP contribution in [0, 0.1) is 0 Å². The Balaban J connectivity index is 1.45. The van der Waals surface area contributed by atoms with E-state index >= 15 is 0 Å². The highest BCUT2D eigenvalue weighted by Crippen LogP contribution is 2.22. The number of benzene rings is 2. The summed E-state index contributed by atoms with van der Waals surface area (Å²) in [6.45, 7) is 0.463. The van der Waals surface area contributed by atoms with Crippen molar-refractivity contribution in [1.82, 2.24) is 0 Å². The molecular formula is C21H14BrNO4. The molecule has 2 aromatic carbocycles. The van der Waals surface area contributed by atoms with Gasteiger partial charge in [-0.15, -0.1) is 0 Å². The molecule has 0 unspecified atom stereocenters. The van der Waals surface area contributed by atoms with Crippen molar-refractivity contribution in [2.75, 3.05) is 0 Å². The van der Waals surface area contributed by atoms with E-state index < -0.39 is 5.97 Å². The molecule has 0 spiro atoms. The number of hydrogen-bond donors (Lipinski definition) is 0. The number of carbonyl (C=O) groups excluding carboxylic acids is 1. The van der Waals surface area contributed by atoms with Gasteiger partial charge in [-0.2, -0.15) is 0 Å². The highest BCUT2D eigenvalue weighted by atomic mass is 79.9. The van der Waals surface area contributed by atoms with Crippen molar-refractivity contribution >= 4 is 33.9 Å². The largest absolute Gasteiger partial charge is 0.489 e. The van der Waals surface area contributed by atoms with Gasteiger partial charge >= 0.3 is 5.97 Å². The lowest BCUT2D eigenvalue weighted by molar-refractivity contribution is -0.130. The van der Waals surface area contributed by atoms with Crippen molar-refractivity contribution < 1.29 is 18.7 Å². The molecule has 0 saturated carbocycles. The number of rotatable bonds is 5. The second-order valence-corrected chi connectivity index (χ2v) is 6.62. The number of esters is 1. The van der Waals surface area contributed by atoms with E-state index in [0.29, 0.717) is 12.4 Å². The van der Waals surface area contributed by atoms with Crippen LogP contribution in [0.2, 0.25) is 0 Å². The Hall–Kier alpha value is -3.12. The van der Waals surface area contributed by atoms with Crippen LogP contribution in [0.25, 0.3) is 6.08 Å². The van der Waals surface area contributed by atoms with Crippen molar-refractivity contribution in [3.05, 3.63) is 94.0 Å². The molecule has 0 N–H and O–H groups in total. The molecule has 0 amide bonds. The van der Waals surface area contributed by atoms with Crippen molar-refractivity contribution in [1.29, 1.82) is 0 Å². The molecule has 1 aliphatic heterocycles. The third kappa shape index (κ3) is 4.01. The molecule has 2 heterocycles. The number of cyclic esters (lactones) is 1. The molecule has 134 valence electrons. The second-order valence-electron chi connectivity index (χ2n) is 5.76. The van der Waals surface area contributed by atoms with E-state index in [0.717, 1.165) is 21.3 Å². The maximum atomic E-state index is 12.0. The lowest BCUT2D eigenvalue weighted by Gasteiger charge is -2.08. The molecule has 6 heteroatoms. The Labute approximate surface area is 164 Å². The third-order valence-corrected chi connectivity index (χ3v) is 4.66. The van der Waals surface area contributed by atoms with E-state index in [1.54, 1.807) is 18.2 Å². The number of carbonyl (C=O) groups is 1. The summed E-state index contributed by atoms with van der Waals surface area (Å²) in [6.07, 6.45) is 3.16. The molecule has 0 saturated heterocycles. The van der Waals surface area contributed by atoms with E-state index in [-0.39, 0.29) is 11.6 Å². The van der Waals surface area contributed by atoms with Gasteiger partial charge in [-0.3, -0.25) is 0 Å². The minimum Gasteiger partial charge on any atom is -0.489 e. The van der Waals surface area contributed by atoms with Crippen LogP contribution in [0.15, 0.2) is 86.5 Å². The van der Waals surface area contributed by atoms with Gasteiger partial charge in [-0.05, 0) is 42.0 Å². The fourth-order valence-electron chi connectivity index (χ4n) is 2.51. The van der Waals surface area contributed by atoms with Crippen molar-refractivity contribution in [2.24, 2.45) is 4.99 Å². The number of nitrogens with zero attached hydrogens (tertiary/aromatic N) is 1. The predicted octanol–water partition coefficient (Wildman–Crippen LogP) is 4.97. The minimum atomic E-state index is -0.504. The number of hydrogen-bond acceptors (Lipinski definition) is 5. The van der Waals surface area contributed by atoms with Crippen molar-refractivity contribution in [3.8, 4) is 5.75 Å². The lowest BCUT2D eigenvalue weighted by Crippen LogP contribution is -2.04. The van der Waals surface area contributed by atoms with Crippen LogP contribution in [0.3, 0.4) is 0 Å². The van der Waals surface area contributed by atoms with E-state index in [2.05, 4.69) is 20.9 Å². The summed E-state index contributed by atoms with van der Waals surface area (Å²) in [5, 5.41) is 0. The summed E-state index contributed by atoms with van der Waals surface area (Å²) in [7, 11) is 0. The number of halogens is 1. The second kappa shape index (κ2) is 7.63. The van der Waals surface area contributed by atoms with Crippen LogP contribution in [-0.2, 0) is 16.1 Å². The van der Waals surface area contributed by atoms with Gasteiger partial charge in [-0.25, -0.2) is 9.79 Å². The first-order valence-electron chi connectivity index (χ1n) is 8.22. The van der Waals surface area contributed by atoms with Crippen LogP contribution in [0.4, 0.5) is 0 Å². The van der Waals surface area contributed by atoms with Crippen LogP contribution < -0.4 is 4.74 Å². The Morgan fingerprint density at radius 3 is 2.59 bits per heavy atom. The Kier molecular flexibility index (Phi) is 4.89. The maximum Gasteiger partial charge on any atom is 0.363 e. The Morgan fingerprint density at radius 2 is 1.85 bits per heavy atom. The fraction of sp³-hybridized carbons (Fsp3) is 0.0476. The van der Waals surface area contributed by atoms with Gasteiger partial charge in [0.1, 0.15) is 12.4 Å². The molecular weight excluding hydrogens is 410 g/mol. The van der Waals surface area contributed by atoms with Gasteiger partial charge in [0.15, 0.2) is 11.5 Å². The first kappa shape index (κ1) is 17.3. The summed E-state index contributed by atoms with van der Waals surface area (Å²) in [5.41, 5.74) is 2.11. The summed E-state index contributed by atoms with van der Waals surface area (Å²) in [4.78, 5) is 16.2. The molecule has 0 atom stereocenters. The van der Waals surface area contributed by atoms with E-state index in [1.807, 2.05) is 48.5 Å². The van der Waals surface area contributed by atoms with E-state index in [1.165, 1.54) is 6.26 Å². The lowest BCUT2D eigenvalue weighted by atomic mass is 10.2. The summed E-state index contributed by atoms with van der Waals surface area (Å²) >= 11 is 3.50. The SMILES string of the molecule is O=C1OC(c2ccco2)=N/C1=C/c1ccc(OCc2ccccc2Br)cc1. The third-order valence-electron chi connectivity index (χ3n) is 3.89. The molecule has 0 radical (unpaired) electrons. The average molecular weight is 424 g/mol. The molecule has 1 aromatic heterocycles. The molecule has 5 nitrogen and oxygen atoms in total. The average Bonchev–Trinajstić information content (AvgIpc) is 3.33. The zero-order valence-electron chi connectivity index (χ0n) is 14.1. The van der Waals surface area contributed by atoms with Crippen molar-refractivity contribution in [2.45, 2.75) is 6.61 Å². The summed E-state index contributed by atoms with van der Waals surface area (Å²) in [5.74, 6) is 0.824. The normalized spacial score (nSPS) is 14.9. The standard InChI is InChI=1S/C21H14BrNO4/c22-17-5-2-1-4-15(17)13-26-16-9-7-14(8-10-16)12-18-21(24)27-20(23-18)19-6-3-11-25-19/h1-12H,13H2/b18-12+. The first-order chi connectivity index (χ1) is 13.2. The van der Waals surface area contributed by atoms with Crippen LogP contribution >= 0.6 is 15.9 Å². The monoisotopic (exact) mass is 423 g/mol. The van der Waals surface area contributed by atoms with Crippen LogP contribution in [0.5, 0.6) is 5.75 Å². The molecule has 0 aliphatic carbocycles. The Bertz CT molecular complexity index is 1020. The van der Waals surface area contributed by atoms with E-state index in [4.69, 9.17) is 13.9 Å². The number of aliphatic imine (C=N–C) groups is 1. The van der Waals surface area contributed by atoms with Crippen LogP contribution in [-0.4, -0.2) is 11.9 Å². The van der Waals surface area contributed by atoms with Gasteiger partial charge in [0.25, 0.3) is 5.90 Å². The van der Waals surface area contributed by atoms with E-state index in [9.17, 15) is 4.79 Å². The highest BCUT2D eigenvalue weighted by Gasteiger charge is 2.25.